The largest absolute Gasteiger partial charge is 0.456 e. The minimum absolute atomic E-state index is 0.0527. The van der Waals surface area contributed by atoms with Crippen LogP contribution in [0.5, 0.6) is 0 Å². The van der Waals surface area contributed by atoms with Crippen LogP contribution in [-0.4, -0.2) is 11.8 Å². The van der Waals surface area contributed by atoms with Crippen LogP contribution in [0.15, 0.2) is 144 Å². The van der Waals surface area contributed by atoms with E-state index in [2.05, 4.69) is 219 Å². The van der Waals surface area contributed by atoms with Crippen LogP contribution in [0.2, 0.25) is 0 Å². The Bertz CT molecular complexity index is 3840. The normalized spacial score (nSPS) is 17.1. The lowest BCUT2D eigenvalue weighted by Gasteiger charge is -2.42. The van der Waals surface area contributed by atoms with Crippen molar-refractivity contribution in [1.82, 2.24) is 4.57 Å². The summed E-state index contributed by atoms with van der Waals surface area (Å²) in [7, 11) is 0.821. The van der Waals surface area contributed by atoms with Crippen LogP contribution in [0.4, 0.5) is 11.4 Å². The number of rotatable bonds is 5. The van der Waals surface area contributed by atoms with E-state index in [4.69, 9.17) is 4.42 Å². The fourth-order valence-corrected chi connectivity index (χ4v) is 13.1. The summed E-state index contributed by atoms with van der Waals surface area (Å²) in [6.07, 6.45) is 4.65. The number of hydrogen-bond acceptors (Lipinski definition) is 2. The molecule has 0 radical (unpaired) electrons. The Kier molecular flexibility index (Phi) is 9.19. The molecule has 1 N–H and O–H groups in total. The third kappa shape index (κ3) is 6.47. The number of anilines is 2. The van der Waals surface area contributed by atoms with Gasteiger partial charge in [-0.25, -0.2) is 0 Å². The molecule has 3 heterocycles. The Hall–Kier alpha value is -6.78. The Labute approximate surface area is 414 Å². The summed E-state index contributed by atoms with van der Waals surface area (Å²) in [6.45, 7) is 23.9. The average molecular weight is 911 g/mol. The predicted octanol–water partition coefficient (Wildman–Crippen LogP) is 16.4. The van der Waals surface area contributed by atoms with Crippen molar-refractivity contribution >= 4 is 73.3 Å². The second-order valence-electron chi connectivity index (χ2n) is 24.1. The number of benzene rings is 8. The van der Waals surface area contributed by atoms with Gasteiger partial charge in [-0.05, 0) is 171 Å². The molecule has 0 saturated carbocycles. The van der Waals surface area contributed by atoms with Crippen LogP contribution < -0.4 is 16.2 Å². The third-order valence-corrected chi connectivity index (χ3v) is 17.5. The standard InChI is InChI=1S/C66H63BN2O/c1-38-20-23-41(24-21-38)68-55-37-59-45(46-33-50-53(36-58(46)70-59)66(9,10)29-27-63(50,3)4)31-44(55)48-32-47(43-19-15-14-18-42(43)40-16-12-11-13-17-40)60-49-34-51-52(65(7,8)28-26-64(51,5)6)35-57(49)69-56-25-22-39(2)30-54(56)67-61(48)62(60)69/h11-25,30-37,67-68H,26-29H2,1-10H3. The molecule has 13 rings (SSSR count). The molecule has 70 heavy (non-hydrogen) atoms. The van der Waals surface area contributed by atoms with Crippen LogP contribution in [0.3, 0.4) is 0 Å². The first-order valence-corrected chi connectivity index (χ1v) is 25.8. The highest BCUT2D eigenvalue weighted by molar-refractivity contribution is 6.73. The van der Waals surface area contributed by atoms with Crippen molar-refractivity contribution in [2.45, 2.75) is 117 Å². The summed E-state index contributed by atoms with van der Waals surface area (Å²) in [6, 6.07) is 53.5. The minimum atomic E-state index is 0.0527. The SMILES string of the molecule is Cc1ccc(Nc2cc3oc4cc5c(cc4c3cc2-c2cc(-c3ccccc3-c3ccccc3)c3c4cc6c(cc4n4c3c2Bc2cc(C)ccc2-4)C(C)(C)CCC6(C)C)C(C)(C)CCC5(C)C)cc1. The first-order chi connectivity index (χ1) is 33.5. The van der Waals surface area contributed by atoms with E-state index < -0.39 is 0 Å². The summed E-state index contributed by atoms with van der Waals surface area (Å²) < 4.78 is 9.69. The maximum absolute atomic E-state index is 7.02. The van der Waals surface area contributed by atoms with Crippen molar-refractivity contribution in [2.24, 2.45) is 0 Å². The van der Waals surface area contributed by atoms with Crippen LogP contribution in [0.1, 0.15) is 114 Å². The van der Waals surface area contributed by atoms with Crippen molar-refractivity contribution in [3.8, 4) is 39.1 Å². The van der Waals surface area contributed by atoms with E-state index in [0.717, 1.165) is 48.0 Å². The molecule has 2 aliphatic carbocycles. The van der Waals surface area contributed by atoms with E-state index in [1.165, 1.54) is 123 Å². The molecule has 346 valence electrons. The lowest BCUT2D eigenvalue weighted by molar-refractivity contribution is 0.332. The summed E-state index contributed by atoms with van der Waals surface area (Å²) in [5, 5.41) is 9.01. The van der Waals surface area contributed by atoms with E-state index in [-0.39, 0.29) is 21.7 Å². The van der Waals surface area contributed by atoms with Gasteiger partial charge in [0.15, 0.2) is 7.28 Å². The zero-order valence-corrected chi connectivity index (χ0v) is 42.7. The van der Waals surface area contributed by atoms with Crippen molar-refractivity contribution in [1.29, 1.82) is 0 Å². The maximum Gasteiger partial charge on any atom is 0.198 e. The van der Waals surface area contributed by atoms with Crippen molar-refractivity contribution < 1.29 is 4.42 Å². The lowest BCUT2D eigenvalue weighted by Crippen LogP contribution is -2.37. The fourth-order valence-electron chi connectivity index (χ4n) is 13.1. The van der Waals surface area contributed by atoms with Gasteiger partial charge in [0.05, 0.1) is 11.2 Å². The number of fused-ring (bicyclic) bond motifs is 10. The van der Waals surface area contributed by atoms with Crippen molar-refractivity contribution in [3.63, 3.8) is 0 Å². The Morgan fingerprint density at radius 1 is 0.486 bits per heavy atom. The zero-order chi connectivity index (χ0) is 48.2. The first kappa shape index (κ1) is 43.3. The number of aromatic nitrogens is 1. The number of nitrogens with one attached hydrogen (secondary N) is 1. The number of aryl methyl sites for hydroxylation is 2. The Morgan fingerprint density at radius 3 is 1.74 bits per heavy atom. The quantitative estimate of drug-likeness (QED) is 0.174. The molecule has 1 aliphatic heterocycles. The average Bonchev–Trinajstić information content (AvgIpc) is 3.87. The van der Waals surface area contributed by atoms with Gasteiger partial charge in [-0.3, -0.25) is 0 Å². The monoisotopic (exact) mass is 911 g/mol. The molecule has 0 spiro atoms. The first-order valence-electron chi connectivity index (χ1n) is 25.8. The van der Waals surface area contributed by atoms with Crippen LogP contribution in [-0.2, 0) is 21.7 Å². The van der Waals surface area contributed by atoms with Gasteiger partial charge in [0, 0.05) is 50.1 Å². The Morgan fingerprint density at radius 2 is 1.06 bits per heavy atom. The van der Waals surface area contributed by atoms with E-state index in [1.807, 2.05) is 0 Å². The number of furan rings is 1. The lowest BCUT2D eigenvalue weighted by atomic mass is 9.58. The minimum Gasteiger partial charge on any atom is -0.456 e. The Balaban J connectivity index is 1.20. The molecule has 3 nitrogen and oxygen atoms in total. The molecule has 8 aromatic carbocycles. The third-order valence-electron chi connectivity index (χ3n) is 17.5. The van der Waals surface area contributed by atoms with Gasteiger partial charge < -0.3 is 14.3 Å². The van der Waals surface area contributed by atoms with Crippen molar-refractivity contribution in [2.75, 3.05) is 5.32 Å². The van der Waals surface area contributed by atoms with Gasteiger partial charge in [0.1, 0.15) is 11.2 Å². The summed E-state index contributed by atoms with van der Waals surface area (Å²) in [4.78, 5) is 0. The zero-order valence-electron chi connectivity index (χ0n) is 42.7. The molecule has 0 bridgehead atoms. The van der Waals surface area contributed by atoms with E-state index >= 15 is 0 Å². The smallest absolute Gasteiger partial charge is 0.198 e. The summed E-state index contributed by atoms with van der Waals surface area (Å²) in [5.41, 5.74) is 26.6. The molecule has 0 fully saturated rings. The van der Waals surface area contributed by atoms with E-state index in [1.54, 1.807) is 0 Å². The predicted molar refractivity (Wildman–Crippen MR) is 301 cm³/mol. The summed E-state index contributed by atoms with van der Waals surface area (Å²) in [5.74, 6) is 0. The highest BCUT2D eigenvalue weighted by Crippen LogP contribution is 2.53. The fraction of sp³-hybridized carbons (Fsp3) is 0.273. The van der Waals surface area contributed by atoms with E-state index in [9.17, 15) is 0 Å². The molecule has 0 amide bonds. The molecule has 3 aliphatic rings. The van der Waals surface area contributed by atoms with Gasteiger partial charge in [-0.15, -0.1) is 0 Å². The molecule has 0 atom stereocenters. The molecule has 0 unspecified atom stereocenters. The molecule has 4 heteroatoms. The molecule has 2 aromatic heterocycles. The molecular weight excluding hydrogens is 848 g/mol. The van der Waals surface area contributed by atoms with Gasteiger partial charge in [0.25, 0.3) is 0 Å². The van der Waals surface area contributed by atoms with Gasteiger partial charge >= 0.3 is 0 Å². The van der Waals surface area contributed by atoms with E-state index in [0.29, 0.717) is 0 Å². The highest BCUT2D eigenvalue weighted by Gasteiger charge is 2.40. The second-order valence-corrected chi connectivity index (χ2v) is 24.1. The van der Waals surface area contributed by atoms with Crippen LogP contribution in [0, 0.1) is 13.8 Å². The maximum atomic E-state index is 7.02. The second kappa shape index (κ2) is 14.9. The van der Waals surface area contributed by atoms with Gasteiger partial charge in [-0.2, -0.15) is 0 Å². The van der Waals surface area contributed by atoms with Crippen molar-refractivity contribution in [3.05, 3.63) is 173 Å². The molecular formula is C66H63BN2O. The number of hydrogen-bond donors (Lipinski definition) is 1. The van der Waals surface area contributed by atoms with Crippen LogP contribution in [0.25, 0.3) is 82.8 Å². The molecule has 0 saturated heterocycles. The summed E-state index contributed by atoms with van der Waals surface area (Å²) >= 11 is 0. The van der Waals surface area contributed by atoms with Crippen LogP contribution >= 0.6 is 0 Å². The number of nitrogens with zero attached hydrogens (tertiary/aromatic N) is 1. The topological polar surface area (TPSA) is 30.1 Å². The van der Waals surface area contributed by atoms with Gasteiger partial charge in [0.2, 0.25) is 0 Å². The van der Waals surface area contributed by atoms with Gasteiger partial charge in [-0.1, -0.05) is 151 Å². The highest BCUT2D eigenvalue weighted by atomic mass is 16.3. The molecule has 10 aromatic rings.